The average Bonchev–Trinajstić information content (AvgIpc) is 3.23. The van der Waals surface area contributed by atoms with Gasteiger partial charge in [0.2, 0.25) is 15.9 Å². The van der Waals surface area contributed by atoms with E-state index in [0.29, 0.717) is 21.7 Å². The topological polar surface area (TPSA) is 117 Å². The number of thiophene rings is 1. The zero-order valence-electron chi connectivity index (χ0n) is 18.6. The fourth-order valence-corrected chi connectivity index (χ4v) is 5.27. The van der Waals surface area contributed by atoms with E-state index in [-0.39, 0.29) is 17.9 Å². The summed E-state index contributed by atoms with van der Waals surface area (Å²) in [6, 6.07) is 17.4. The van der Waals surface area contributed by atoms with Gasteiger partial charge in [0.05, 0.1) is 30.5 Å². The molecule has 1 aromatic heterocycles. The van der Waals surface area contributed by atoms with Crippen LogP contribution >= 0.6 is 11.3 Å². The first-order chi connectivity index (χ1) is 16.2. The number of nitrogens with zero attached hydrogens (tertiary/aromatic N) is 2. The predicted molar refractivity (Wildman–Crippen MR) is 131 cm³/mol. The maximum Gasteiger partial charge on any atom is 0.341 e. The molecule has 1 amide bonds. The molecule has 0 spiro atoms. The van der Waals surface area contributed by atoms with E-state index in [2.05, 4.69) is 5.32 Å². The van der Waals surface area contributed by atoms with Crippen LogP contribution in [0.2, 0.25) is 0 Å². The van der Waals surface area contributed by atoms with E-state index >= 15 is 0 Å². The van der Waals surface area contributed by atoms with Crippen molar-refractivity contribution in [2.24, 2.45) is 0 Å². The van der Waals surface area contributed by atoms with Crippen molar-refractivity contribution in [3.8, 4) is 17.2 Å². The molecule has 34 heavy (non-hydrogen) atoms. The molecule has 0 aliphatic carbocycles. The van der Waals surface area contributed by atoms with E-state index < -0.39 is 28.4 Å². The molecule has 1 N–H and O–H groups in total. The molecule has 0 saturated heterocycles. The Morgan fingerprint density at radius 1 is 1.12 bits per heavy atom. The van der Waals surface area contributed by atoms with Crippen LogP contribution < -0.4 is 5.32 Å². The maximum atomic E-state index is 12.7. The third-order valence-corrected chi connectivity index (χ3v) is 7.55. The molecule has 8 nitrogen and oxygen atoms in total. The summed E-state index contributed by atoms with van der Waals surface area (Å²) in [5, 5.41) is 13.6. The molecule has 0 atom stereocenters. The molecule has 0 saturated carbocycles. The van der Waals surface area contributed by atoms with Crippen molar-refractivity contribution >= 4 is 38.2 Å². The standard InChI is InChI=1S/C24H23N3O5S2/c1-3-32-24(29)22-20(19-7-5-4-6-8-19)15-33-23(22)26-21(28)14-27(2)34(30,31)16-18-11-9-17(13-25)10-12-18/h4-12,15H,3,14,16H2,1-2H3,(H,26,28). The second-order valence-electron chi connectivity index (χ2n) is 7.31. The highest BCUT2D eigenvalue weighted by Crippen LogP contribution is 2.36. The Morgan fingerprint density at radius 3 is 2.41 bits per heavy atom. The minimum atomic E-state index is -3.79. The highest BCUT2D eigenvalue weighted by atomic mass is 32.2. The molecule has 0 aliphatic heterocycles. The smallest absolute Gasteiger partial charge is 0.341 e. The van der Waals surface area contributed by atoms with Crippen molar-refractivity contribution in [2.45, 2.75) is 12.7 Å². The number of amides is 1. The zero-order valence-corrected chi connectivity index (χ0v) is 20.3. The van der Waals surface area contributed by atoms with Gasteiger partial charge in [-0.15, -0.1) is 11.3 Å². The van der Waals surface area contributed by atoms with Crippen molar-refractivity contribution in [1.29, 1.82) is 5.26 Å². The molecular weight excluding hydrogens is 474 g/mol. The Balaban J connectivity index is 1.75. The van der Waals surface area contributed by atoms with Crippen molar-refractivity contribution < 1.29 is 22.7 Å². The molecule has 2 aromatic carbocycles. The molecule has 1 heterocycles. The summed E-state index contributed by atoms with van der Waals surface area (Å²) >= 11 is 1.17. The molecule has 0 fully saturated rings. The number of carbonyl (C=O) groups excluding carboxylic acids is 2. The minimum absolute atomic E-state index is 0.173. The number of hydrogen-bond acceptors (Lipinski definition) is 7. The Morgan fingerprint density at radius 2 is 1.79 bits per heavy atom. The van der Waals surface area contributed by atoms with Gasteiger partial charge < -0.3 is 10.1 Å². The predicted octanol–water partition coefficient (Wildman–Crippen LogP) is 3.86. The van der Waals surface area contributed by atoms with Crippen LogP contribution in [-0.2, 0) is 25.3 Å². The monoisotopic (exact) mass is 497 g/mol. The van der Waals surface area contributed by atoms with Gasteiger partial charge in [0.15, 0.2) is 0 Å². The SMILES string of the molecule is CCOC(=O)c1c(-c2ccccc2)csc1NC(=O)CN(C)S(=O)(=O)Cc1ccc(C#N)cc1. The van der Waals surface area contributed by atoms with Crippen LogP contribution in [0, 0.1) is 11.3 Å². The highest BCUT2D eigenvalue weighted by molar-refractivity contribution is 7.88. The van der Waals surface area contributed by atoms with E-state index in [9.17, 15) is 18.0 Å². The number of esters is 1. The number of sulfonamides is 1. The van der Waals surface area contributed by atoms with E-state index in [1.54, 1.807) is 24.4 Å². The van der Waals surface area contributed by atoms with Gasteiger partial charge in [0, 0.05) is 18.0 Å². The van der Waals surface area contributed by atoms with Crippen LogP contribution in [0.5, 0.6) is 0 Å². The highest BCUT2D eigenvalue weighted by Gasteiger charge is 2.25. The molecule has 176 valence electrons. The zero-order chi connectivity index (χ0) is 24.7. The van der Waals surface area contributed by atoms with Gasteiger partial charge in [0.1, 0.15) is 10.6 Å². The van der Waals surface area contributed by atoms with Crippen molar-refractivity contribution in [2.75, 3.05) is 25.5 Å². The maximum absolute atomic E-state index is 12.7. The molecule has 3 aromatic rings. The van der Waals surface area contributed by atoms with Crippen molar-refractivity contribution in [1.82, 2.24) is 4.31 Å². The number of carbonyl (C=O) groups is 2. The third-order valence-electron chi connectivity index (χ3n) is 4.88. The second-order valence-corrected chi connectivity index (χ2v) is 10.3. The number of ether oxygens (including phenoxy) is 1. The molecule has 0 radical (unpaired) electrons. The number of benzene rings is 2. The van der Waals surface area contributed by atoms with Crippen LogP contribution in [0.1, 0.15) is 28.4 Å². The van der Waals surface area contributed by atoms with Gasteiger partial charge in [-0.2, -0.15) is 9.57 Å². The molecule has 0 aliphatic rings. The summed E-state index contributed by atoms with van der Waals surface area (Å²) in [6.07, 6.45) is 0. The number of rotatable bonds is 9. The van der Waals surface area contributed by atoms with Gasteiger partial charge >= 0.3 is 5.97 Å². The Labute approximate surface area is 202 Å². The van der Waals surface area contributed by atoms with E-state index in [1.165, 1.54) is 30.5 Å². The summed E-state index contributed by atoms with van der Waals surface area (Å²) in [5.74, 6) is -1.47. The number of anilines is 1. The fraction of sp³-hybridized carbons (Fsp3) is 0.208. The molecule has 3 rings (SSSR count). The summed E-state index contributed by atoms with van der Waals surface area (Å²) < 4.78 is 31.5. The van der Waals surface area contributed by atoms with Crippen LogP contribution in [-0.4, -0.2) is 44.8 Å². The van der Waals surface area contributed by atoms with Gasteiger partial charge in [-0.3, -0.25) is 4.79 Å². The lowest BCUT2D eigenvalue weighted by Gasteiger charge is -2.17. The van der Waals surface area contributed by atoms with Crippen molar-refractivity contribution in [3.05, 3.63) is 76.7 Å². The quantitative estimate of drug-likeness (QED) is 0.449. The molecular formula is C24H23N3O5S2. The lowest BCUT2D eigenvalue weighted by atomic mass is 10.0. The summed E-state index contributed by atoms with van der Waals surface area (Å²) in [5.41, 5.74) is 2.58. The number of hydrogen-bond donors (Lipinski definition) is 1. The number of nitrogens with one attached hydrogen (secondary N) is 1. The molecule has 0 unspecified atom stereocenters. The summed E-state index contributed by atoms with van der Waals surface area (Å²) in [6.45, 7) is 1.43. The number of nitriles is 1. The minimum Gasteiger partial charge on any atom is -0.462 e. The third kappa shape index (κ3) is 6.08. The first-order valence-electron chi connectivity index (χ1n) is 10.3. The van der Waals surface area contributed by atoms with Gasteiger partial charge in [0.25, 0.3) is 0 Å². The Kier molecular flexibility index (Phi) is 8.17. The van der Waals surface area contributed by atoms with Gasteiger partial charge in [-0.05, 0) is 30.2 Å². The molecule has 0 bridgehead atoms. The van der Waals surface area contributed by atoms with Gasteiger partial charge in [-0.1, -0.05) is 42.5 Å². The lowest BCUT2D eigenvalue weighted by molar-refractivity contribution is -0.116. The van der Waals surface area contributed by atoms with E-state index in [4.69, 9.17) is 10.00 Å². The summed E-state index contributed by atoms with van der Waals surface area (Å²) in [4.78, 5) is 25.3. The van der Waals surface area contributed by atoms with Crippen LogP contribution in [0.25, 0.3) is 11.1 Å². The normalized spacial score (nSPS) is 11.1. The second kappa shape index (κ2) is 11.1. The lowest BCUT2D eigenvalue weighted by Crippen LogP contribution is -2.35. The number of likely N-dealkylation sites (N-methyl/N-ethyl adjacent to an activating group) is 1. The fourth-order valence-electron chi connectivity index (χ4n) is 3.15. The Hall–Kier alpha value is -3.52. The van der Waals surface area contributed by atoms with Gasteiger partial charge in [-0.25, -0.2) is 13.2 Å². The van der Waals surface area contributed by atoms with E-state index in [0.717, 1.165) is 9.87 Å². The first kappa shape index (κ1) is 25.1. The Bertz CT molecular complexity index is 1310. The van der Waals surface area contributed by atoms with E-state index in [1.807, 2.05) is 36.4 Å². The van der Waals surface area contributed by atoms with Crippen molar-refractivity contribution in [3.63, 3.8) is 0 Å². The largest absolute Gasteiger partial charge is 0.462 e. The van der Waals surface area contributed by atoms with Crippen LogP contribution in [0.4, 0.5) is 5.00 Å². The van der Waals surface area contributed by atoms with Crippen LogP contribution in [0.3, 0.4) is 0 Å². The summed E-state index contributed by atoms with van der Waals surface area (Å²) in [7, 11) is -2.48. The first-order valence-corrected chi connectivity index (χ1v) is 12.8. The molecule has 10 heteroatoms. The average molecular weight is 498 g/mol. The van der Waals surface area contributed by atoms with Crippen LogP contribution in [0.15, 0.2) is 60.0 Å².